The van der Waals surface area contributed by atoms with Crippen LogP contribution in [0.25, 0.3) is 0 Å². The molecule has 3 rings (SSSR count). The van der Waals surface area contributed by atoms with Crippen molar-refractivity contribution in [1.29, 1.82) is 0 Å². The van der Waals surface area contributed by atoms with Crippen LogP contribution in [-0.2, 0) is 14.1 Å². The molecule has 2 heterocycles. The predicted octanol–water partition coefficient (Wildman–Crippen LogP) is 1.10. The van der Waals surface area contributed by atoms with Gasteiger partial charge in [0.2, 0.25) is 0 Å². The lowest BCUT2D eigenvalue weighted by molar-refractivity contribution is 0.0626. The summed E-state index contributed by atoms with van der Waals surface area (Å²) >= 11 is 0. The minimum atomic E-state index is -0.816. The third-order valence-corrected chi connectivity index (χ3v) is 5.02. The molecule has 0 unspecified atom stereocenters. The molecule has 0 radical (unpaired) electrons. The average molecular weight is 391 g/mol. The van der Waals surface area contributed by atoms with Crippen molar-refractivity contribution in [3.05, 3.63) is 68.0 Å². The van der Waals surface area contributed by atoms with Gasteiger partial charge in [-0.05, 0) is 31.0 Å². The fourth-order valence-corrected chi connectivity index (χ4v) is 3.38. The standard InChI is InChI=1S/C19H19F2N3O4/c1-22-15(9-16(25)23(2)19(22)28)18(27)24-7-3-4-11(10-24)17(26)13-8-12(20)5-6-14(13)21/h5-6,8-9,11H,3-4,7,10H2,1-2H3/t11-/m1/s1. The molecule has 1 aliphatic heterocycles. The molecular formula is C19H19F2N3O4. The topological polar surface area (TPSA) is 81.4 Å². The number of rotatable bonds is 3. The maximum absolute atomic E-state index is 13.9. The average Bonchev–Trinajstić information content (AvgIpc) is 2.70. The van der Waals surface area contributed by atoms with Gasteiger partial charge in [0, 0.05) is 39.2 Å². The quantitative estimate of drug-likeness (QED) is 0.734. The van der Waals surface area contributed by atoms with Gasteiger partial charge >= 0.3 is 5.69 Å². The zero-order valence-electron chi connectivity index (χ0n) is 15.4. The van der Waals surface area contributed by atoms with Crippen molar-refractivity contribution in [1.82, 2.24) is 14.0 Å². The van der Waals surface area contributed by atoms with Gasteiger partial charge in [0.15, 0.2) is 5.78 Å². The van der Waals surface area contributed by atoms with E-state index in [-0.39, 0.29) is 17.8 Å². The first-order valence-corrected chi connectivity index (χ1v) is 8.76. The Balaban J connectivity index is 1.87. The van der Waals surface area contributed by atoms with Crippen molar-refractivity contribution < 1.29 is 18.4 Å². The van der Waals surface area contributed by atoms with Gasteiger partial charge in [-0.3, -0.25) is 23.5 Å². The van der Waals surface area contributed by atoms with E-state index in [1.54, 1.807) is 0 Å². The highest BCUT2D eigenvalue weighted by Crippen LogP contribution is 2.23. The zero-order chi connectivity index (χ0) is 20.6. The van der Waals surface area contributed by atoms with E-state index in [9.17, 15) is 28.0 Å². The molecule has 7 nitrogen and oxygen atoms in total. The van der Waals surface area contributed by atoms with Crippen molar-refractivity contribution in [2.45, 2.75) is 12.8 Å². The molecule has 1 aromatic heterocycles. The fourth-order valence-electron chi connectivity index (χ4n) is 3.38. The first-order valence-electron chi connectivity index (χ1n) is 8.76. The van der Waals surface area contributed by atoms with Crippen LogP contribution in [0.15, 0.2) is 33.9 Å². The number of benzene rings is 1. The summed E-state index contributed by atoms with van der Waals surface area (Å²) in [7, 11) is 2.69. The number of amides is 1. The monoisotopic (exact) mass is 391 g/mol. The Bertz CT molecular complexity index is 1070. The number of carbonyl (C=O) groups is 2. The number of carbonyl (C=O) groups excluding carboxylic acids is 2. The van der Waals surface area contributed by atoms with Crippen molar-refractivity contribution in [3.63, 3.8) is 0 Å². The molecule has 0 bridgehead atoms. The van der Waals surface area contributed by atoms with Crippen LogP contribution in [0.3, 0.4) is 0 Å². The van der Waals surface area contributed by atoms with Crippen LogP contribution in [0.1, 0.15) is 33.7 Å². The lowest BCUT2D eigenvalue weighted by Gasteiger charge is -2.32. The van der Waals surface area contributed by atoms with Crippen LogP contribution >= 0.6 is 0 Å². The fraction of sp³-hybridized carbons (Fsp3) is 0.368. The second-order valence-corrected chi connectivity index (χ2v) is 6.85. The molecule has 1 fully saturated rings. The second-order valence-electron chi connectivity index (χ2n) is 6.85. The number of piperidine rings is 1. The molecule has 2 aromatic rings. The number of ketones is 1. The Morgan fingerprint density at radius 2 is 1.79 bits per heavy atom. The number of hydrogen-bond acceptors (Lipinski definition) is 4. The second kappa shape index (κ2) is 7.49. The Kier molecular flexibility index (Phi) is 5.26. The summed E-state index contributed by atoms with van der Waals surface area (Å²) in [6.07, 6.45) is 0.909. The van der Waals surface area contributed by atoms with E-state index in [0.717, 1.165) is 33.4 Å². The maximum atomic E-state index is 13.9. The molecule has 28 heavy (non-hydrogen) atoms. The molecule has 0 saturated carbocycles. The molecule has 1 aliphatic rings. The molecule has 0 spiro atoms. The number of aromatic nitrogens is 2. The summed E-state index contributed by atoms with van der Waals surface area (Å²) < 4.78 is 29.3. The summed E-state index contributed by atoms with van der Waals surface area (Å²) in [4.78, 5) is 50.8. The van der Waals surface area contributed by atoms with Gasteiger partial charge in [0.25, 0.3) is 11.5 Å². The molecular weight excluding hydrogens is 372 g/mol. The van der Waals surface area contributed by atoms with E-state index in [0.29, 0.717) is 19.4 Å². The van der Waals surface area contributed by atoms with Crippen LogP contribution < -0.4 is 11.2 Å². The van der Waals surface area contributed by atoms with Gasteiger partial charge < -0.3 is 4.90 Å². The maximum Gasteiger partial charge on any atom is 0.331 e. The Morgan fingerprint density at radius 3 is 2.50 bits per heavy atom. The molecule has 1 amide bonds. The molecule has 9 heteroatoms. The minimum Gasteiger partial charge on any atom is -0.337 e. The van der Waals surface area contributed by atoms with E-state index in [2.05, 4.69) is 0 Å². The van der Waals surface area contributed by atoms with Gasteiger partial charge in [-0.15, -0.1) is 0 Å². The van der Waals surface area contributed by atoms with E-state index in [4.69, 9.17) is 0 Å². The molecule has 1 aromatic carbocycles. The van der Waals surface area contributed by atoms with Crippen molar-refractivity contribution in [3.8, 4) is 0 Å². The third kappa shape index (κ3) is 3.51. The van der Waals surface area contributed by atoms with E-state index >= 15 is 0 Å². The first kappa shape index (κ1) is 19.7. The highest BCUT2D eigenvalue weighted by Gasteiger charge is 2.32. The summed E-state index contributed by atoms with van der Waals surface area (Å²) in [5.74, 6) is -3.37. The summed E-state index contributed by atoms with van der Waals surface area (Å²) in [6, 6.07) is 3.74. The minimum absolute atomic E-state index is 0.00296. The Hall–Kier alpha value is -3.10. The molecule has 1 atom stereocenters. The summed E-state index contributed by atoms with van der Waals surface area (Å²) in [6.45, 7) is 0.328. The van der Waals surface area contributed by atoms with Crippen molar-refractivity contribution >= 4 is 11.7 Å². The number of Topliss-reactive ketones (excluding diaryl/α,β-unsaturated/α-hetero) is 1. The SMILES string of the molecule is Cn1c(C(=O)N2CCC[C@@H](C(=O)c3cc(F)ccc3F)C2)cc(=O)n(C)c1=O. The highest BCUT2D eigenvalue weighted by atomic mass is 19.1. The van der Waals surface area contributed by atoms with Gasteiger partial charge in [-0.1, -0.05) is 0 Å². The van der Waals surface area contributed by atoms with Crippen molar-refractivity contribution in [2.75, 3.05) is 13.1 Å². The van der Waals surface area contributed by atoms with Crippen LogP contribution in [-0.4, -0.2) is 38.8 Å². The smallest absolute Gasteiger partial charge is 0.331 e. The van der Waals surface area contributed by atoms with Crippen LogP contribution in [0.4, 0.5) is 8.78 Å². The number of likely N-dealkylation sites (tertiary alicyclic amines) is 1. The van der Waals surface area contributed by atoms with Gasteiger partial charge in [-0.25, -0.2) is 13.6 Å². The molecule has 0 aliphatic carbocycles. The van der Waals surface area contributed by atoms with E-state index < -0.39 is 40.5 Å². The Morgan fingerprint density at radius 1 is 1.07 bits per heavy atom. The summed E-state index contributed by atoms with van der Waals surface area (Å²) in [5.41, 5.74) is -1.68. The lowest BCUT2D eigenvalue weighted by atomic mass is 9.89. The summed E-state index contributed by atoms with van der Waals surface area (Å²) in [5, 5.41) is 0. The normalized spacial score (nSPS) is 16.9. The number of nitrogens with zero attached hydrogens (tertiary/aromatic N) is 3. The Labute approximate surface area is 158 Å². The molecule has 148 valence electrons. The predicted molar refractivity (Wildman–Crippen MR) is 96.2 cm³/mol. The highest BCUT2D eigenvalue weighted by molar-refractivity contribution is 5.99. The number of halogens is 2. The van der Waals surface area contributed by atoms with E-state index in [1.807, 2.05) is 0 Å². The first-order chi connectivity index (χ1) is 13.2. The third-order valence-electron chi connectivity index (χ3n) is 5.02. The zero-order valence-corrected chi connectivity index (χ0v) is 15.4. The van der Waals surface area contributed by atoms with Crippen LogP contribution in [0.5, 0.6) is 0 Å². The molecule has 0 N–H and O–H groups in total. The van der Waals surface area contributed by atoms with Crippen LogP contribution in [0, 0.1) is 17.6 Å². The number of hydrogen-bond donors (Lipinski definition) is 0. The van der Waals surface area contributed by atoms with Crippen molar-refractivity contribution in [2.24, 2.45) is 20.0 Å². The van der Waals surface area contributed by atoms with E-state index in [1.165, 1.54) is 19.0 Å². The largest absolute Gasteiger partial charge is 0.337 e. The molecule has 1 saturated heterocycles. The van der Waals surface area contributed by atoms with Gasteiger partial charge in [0.05, 0.1) is 5.56 Å². The van der Waals surface area contributed by atoms with Gasteiger partial charge in [-0.2, -0.15) is 0 Å². The van der Waals surface area contributed by atoms with Gasteiger partial charge in [0.1, 0.15) is 17.3 Å². The lowest BCUT2D eigenvalue weighted by Crippen LogP contribution is -2.46. The van der Waals surface area contributed by atoms with Crippen LogP contribution in [0.2, 0.25) is 0 Å².